The molecule has 0 aliphatic heterocycles. The number of amides is 1. The van der Waals surface area contributed by atoms with Crippen LogP contribution in [0.5, 0.6) is 0 Å². The van der Waals surface area contributed by atoms with Gasteiger partial charge in [0, 0.05) is 11.7 Å². The monoisotopic (exact) mass is 404 g/mol. The van der Waals surface area contributed by atoms with Crippen LogP contribution < -0.4 is 4.90 Å². The van der Waals surface area contributed by atoms with Crippen LogP contribution in [-0.4, -0.2) is 39.3 Å². The Bertz CT molecular complexity index is 965. The Hall–Kier alpha value is -3.48. The Morgan fingerprint density at radius 2 is 1.73 bits per heavy atom. The highest BCUT2D eigenvalue weighted by atomic mass is 16.5. The van der Waals surface area contributed by atoms with E-state index in [2.05, 4.69) is 10.1 Å². The predicted octanol–water partition coefficient (Wildman–Crippen LogP) is 3.79. The molecule has 1 heterocycles. The fraction of sp³-hybridized carbons (Fsp3) is 0.304. The van der Waals surface area contributed by atoms with Crippen LogP contribution in [0.4, 0.5) is 5.69 Å². The maximum absolute atomic E-state index is 13.0. The molecule has 0 unspecified atom stereocenters. The third kappa shape index (κ3) is 4.56. The molecule has 0 spiro atoms. The van der Waals surface area contributed by atoms with Gasteiger partial charge >= 0.3 is 5.97 Å². The van der Waals surface area contributed by atoms with E-state index in [0.717, 1.165) is 37.1 Å². The number of hydrogen-bond acceptors (Lipinski definition) is 5. The molecule has 1 saturated carbocycles. The number of hydrogen-bond donors (Lipinski definition) is 0. The van der Waals surface area contributed by atoms with Crippen LogP contribution in [0.2, 0.25) is 0 Å². The second-order valence-corrected chi connectivity index (χ2v) is 7.35. The number of benzene rings is 2. The molecule has 0 radical (unpaired) electrons. The second-order valence-electron chi connectivity index (χ2n) is 7.35. The second kappa shape index (κ2) is 9.35. The van der Waals surface area contributed by atoms with E-state index in [0.29, 0.717) is 5.56 Å². The topological polar surface area (TPSA) is 77.3 Å². The number of nitrogens with zero attached hydrogens (tertiary/aromatic N) is 4. The third-order valence-electron chi connectivity index (χ3n) is 5.36. The van der Waals surface area contributed by atoms with Gasteiger partial charge in [-0.25, -0.2) is 14.5 Å². The van der Waals surface area contributed by atoms with Gasteiger partial charge in [-0.15, -0.1) is 0 Å². The molecule has 154 valence electrons. The fourth-order valence-corrected chi connectivity index (χ4v) is 3.86. The van der Waals surface area contributed by atoms with Crippen molar-refractivity contribution < 1.29 is 14.3 Å². The lowest BCUT2D eigenvalue weighted by molar-refractivity contribution is -0.122. The average Bonchev–Trinajstić information content (AvgIpc) is 3.34. The van der Waals surface area contributed by atoms with Crippen LogP contribution >= 0.6 is 0 Å². The van der Waals surface area contributed by atoms with Gasteiger partial charge in [-0.1, -0.05) is 37.5 Å². The number of rotatable bonds is 6. The minimum Gasteiger partial charge on any atom is -0.452 e. The Morgan fingerprint density at radius 3 is 2.40 bits per heavy atom. The average molecular weight is 404 g/mol. The highest BCUT2D eigenvalue weighted by molar-refractivity contribution is 5.97. The maximum Gasteiger partial charge on any atom is 0.338 e. The van der Waals surface area contributed by atoms with E-state index >= 15 is 0 Å². The van der Waals surface area contributed by atoms with Crippen molar-refractivity contribution in [3.05, 3.63) is 72.8 Å². The summed E-state index contributed by atoms with van der Waals surface area (Å²) in [4.78, 5) is 31.2. The summed E-state index contributed by atoms with van der Waals surface area (Å²) < 4.78 is 6.95. The van der Waals surface area contributed by atoms with Gasteiger partial charge in [0.25, 0.3) is 5.91 Å². The van der Waals surface area contributed by atoms with Crippen LogP contribution in [-0.2, 0) is 9.53 Å². The number of carbonyl (C=O) groups is 2. The highest BCUT2D eigenvalue weighted by Crippen LogP contribution is 2.27. The van der Waals surface area contributed by atoms with Crippen molar-refractivity contribution in [2.24, 2.45) is 0 Å². The number of ether oxygens (including phenoxy) is 1. The molecule has 0 bridgehead atoms. The summed E-state index contributed by atoms with van der Waals surface area (Å²) in [6.45, 7) is -0.283. The Kier molecular flexibility index (Phi) is 6.17. The fourth-order valence-electron chi connectivity index (χ4n) is 3.86. The molecule has 1 aromatic heterocycles. The number of aromatic nitrogens is 3. The summed E-state index contributed by atoms with van der Waals surface area (Å²) in [5.74, 6) is -0.717. The van der Waals surface area contributed by atoms with Gasteiger partial charge in [0.2, 0.25) is 0 Å². The van der Waals surface area contributed by atoms with E-state index in [1.165, 1.54) is 12.7 Å². The normalized spacial score (nSPS) is 14.3. The molecule has 1 amide bonds. The zero-order valence-corrected chi connectivity index (χ0v) is 16.7. The van der Waals surface area contributed by atoms with Crippen LogP contribution in [0, 0.1) is 0 Å². The summed E-state index contributed by atoms with van der Waals surface area (Å²) in [7, 11) is 0. The van der Waals surface area contributed by atoms with Crippen LogP contribution in [0.25, 0.3) is 5.69 Å². The lowest BCUT2D eigenvalue weighted by Crippen LogP contribution is -2.43. The predicted molar refractivity (Wildman–Crippen MR) is 112 cm³/mol. The summed E-state index contributed by atoms with van der Waals surface area (Å²) >= 11 is 0. The van der Waals surface area contributed by atoms with E-state index in [4.69, 9.17) is 4.74 Å². The summed E-state index contributed by atoms with van der Waals surface area (Å²) in [6, 6.07) is 16.6. The van der Waals surface area contributed by atoms with E-state index in [1.807, 2.05) is 30.3 Å². The van der Waals surface area contributed by atoms with E-state index in [1.54, 1.807) is 40.2 Å². The van der Waals surface area contributed by atoms with Gasteiger partial charge in [-0.3, -0.25) is 4.79 Å². The molecule has 7 heteroatoms. The van der Waals surface area contributed by atoms with Gasteiger partial charge in [-0.2, -0.15) is 5.10 Å². The molecule has 0 saturated heterocycles. The molecule has 1 aliphatic carbocycles. The molecule has 3 aromatic rings. The van der Waals surface area contributed by atoms with Crippen LogP contribution in [0.3, 0.4) is 0 Å². The molecule has 7 nitrogen and oxygen atoms in total. The SMILES string of the molecule is O=C(OCC(=O)N(c1ccccc1)C1CCCCC1)c1ccc(-n2cncn2)cc1. The molecule has 2 aromatic carbocycles. The lowest BCUT2D eigenvalue weighted by Gasteiger charge is -2.34. The summed E-state index contributed by atoms with van der Waals surface area (Å²) in [5, 5.41) is 4.05. The molecule has 1 aliphatic rings. The van der Waals surface area contributed by atoms with Crippen molar-refractivity contribution in [2.75, 3.05) is 11.5 Å². The third-order valence-corrected chi connectivity index (χ3v) is 5.36. The first kappa shape index (κ1) is 19.8. The zero-order chi connectivity index (χ0) is 20.8. The maximum atomic E-state index is 13.0. The number of carbonyl (C=O) groups excluding carboxylic acids is 2. The minimum atomic E-state index is -0.523. The molecular formula is C23H24N4O3. The van der Waals surface area contributed by atoms with E-state index < -0.39 is 5.97 Å². The molecule has 0 atom stereocenters. The first-order chi connectivity index (χ1) is 14.7. The molecule has 0 N–H and O–H groups in total. The van der Waals surface area contributed by atoms with Crippen LogP contribution in [0.1, 0.15) is 42.5 Å². The van der Waals surface area contributed by atoms with Gasteiger partial charge in [0.15, 0.2) is 6.61 Å². The van der Waals surface area contributed by atoms with Gasteiger partial charge < -0.3 is 9.64 Å². The van der Waals surface area contributed by atoms with Gasteiger partial charge in [-0.05, 0) is 49.2 Å². The standard InChI is InChI=1S/C23H24N4O3/c28-22(27(20-7-3-1-4-8-20)21-9-5-2-6-10-21)15-30-23(29)18-11-13-19(14-12-18)26-17-24-16-25-26/h1,3-4,7-8,11-14,16-17,21H,2,5-6,9-10,15H2. The van der Waals surface area contributed by atoms with E-state index in [-0.39, 0.29) is 18.6 Å². The Labute approximate surface area is 175 Å². The Balaban J connectivity index is 1.42. The van der Waals surface area contributed by atoms with Gasteiger partial charge in [0.05, 0.1) is 11.3 Å². The lowest BCUT2D eigenvalue weighted by atomic mass is 9.93. The van der Waals surface area contributed by atoms with Crippen molar-refractivity contribution in [1.29, 1.82) is 0 Å². The van der Waals surface area contributed by atoms with Crippen molar-refractivity contribution in [1.82, 2.24) is 14.8 Å². The van der Waals surface area contributed by atoms with Crippen molar-refractivity contribution in [3.63, 3.8) is 0 Å². The first-order valence-corrected chi connectivity index (χ1v) is 10.2. The summed E-state index contributed by atoms with van der Waals surface area (Å²) in [6.07, 6.45) is 8.38. The first-order valence-electron chi connectivity index (χ1n) is 10.2. The zero-order valence-electron chi connectivity index (χ0n) is 16.7. The van der Waals surface area contributed by atoms with Crippen molar-refractivity contribution in [2.45, 2.75) is 38.1 Å². The molecule has 4 rings (SSSR count). The molecular weight excluding hydrogens is 380 g/mol. The largest absolute Gasteiger partial charge is 0.452 e. The van der Waals surface area contributed by atoms with E-state index in [9.17, 15) is 9.59 Å². The smallest absolute Gasteiger partial charge is 0.338 e. The number of anilines is 1. The van der Waals surface area contributed by atoms with Crippen molar-refractivity contribution >= 4 is 17.6 Å². The highest BCUT2D eigenvalue weighted by Gasteiger charge is 2.27. The minimum absolute atomic E-state index is 0.148. The molecule has 30 heavy (non-hydrogen) atoms. The molecule has 1 fully saturated rings. The number of esters is 1. The van der Waals surface area contributed by atoms with Crippen LogP contribution in [0.15, 0.2) is 67.3 Å². The van der Waals surface area contributed by atoms with Crippen molar-refractivity contribution in [3.8, 4) is 5.69 Å². The quantitative estimate of drug-likeness (QED) is 0.584. The summed E-state index contributed by atoms with van der Waals surface area (Å²) in [5.41, 5.74) is 2.02. The number of para-hydroxylation sites is 1. The van der Waals surface area contributed by atoms with Gasteiger partial charge in [0.1, 0.15) is 12.7 Å². The Morgan fingerprint density at radius 1 is 1.00 bits per heavy atom.